The molecule has 0 aliphatic carbocycles. The summed E-state index contributed by atoms with van der Waals surface area (Å²) >= 11 is 0. The Hall–Kier alpha value is -2.22. The summed E-state index contributed by atoms with van der Waals surface area (Å²) < 4.78 is 1.96. The highest BCUT2D eigenvalue weighted by Crippen LogP contribution is 2.21. The first kappa shape index (κ1) is 11.3. The highest BCUT2D eigenvalue weighted by Gasteiger charge is 2.19. The third-order valence-corrected chi connectivity index (χ3v) is 2.39. The number of hydrogen-bond acceptors (Lipinski definition) is 4. The van der Waals surface area contributed by atoms with Gasteiger partial charge >= 0.3 is 0 Å². The van der Waals surface area contributed by atoms with E-state index in [9.17, 15) is 0 Å². The summed E-state index contributed by atoms with van der Waals surface area (Å²) in [5.41, 5.74) is 1.15. The van der Waals surface area contributed by atoms with E-state index in [0.29, 0.717) is 11.4 Å². The predicted molar refractivity (Wildman–Crippen MR) is 63.0 cm³/mol. The maximum absolute atomic E-state index is 8.72. The second kappa shape index (κ2) is 3.98. The first-order chi connectivity index (χ1) is 8.02. The third-order valence-electron chi connectivity index (χ3n) is 2.39. The van der Waals surface area contributed by atoms with E-state index in [2.05, 4.69) is 36.0 Å². The maximum atomic E-state index is 8.72. The maximum Gasteiger partial charge on any atom is 0.182 e. The summed E-state index contributed by atoms with van der Waals surface area (Å²) in [5, 5.41) is 16.7. The fourth-order valence-corrected chi connectivity index (χ4v) is 1.49. The van der Waals surface area contributed by atoms with E-state index >= 15 is 0 Å². The second-order valence-electron chi connectivity index (χ2n) is 4.74. The monoisotopic (exact) mass is 227 g/mol. The molecule has 0 aromatic carbocycles. The Morgan fingerprint density at radius 3 is 2.59 bits per heavy atom. The minimum absolute atomic E-state index is 0.103. The van der Waals surface area contributed by atoms with Crippen molar-refractivity contribution in [1.29, 1.82) is 5.26 Å². The first-order valence-corrected chi connectivity index (χ1v) is 5.29. The SMILES string of the molecule is CC(C)(C)n1cnnc1-c1ccc(C#N)cn1. The molecule has 0 saturated heterocycles. The second-order valence-corrected chi connectivity index (χ2v) is 4.74. The minimum atomic E-state index is -0.103. The van der Waals surface area contributed by atoms with Gasteiger partial charge in [0.15, 0.2) is 5.82 Å². The Bertz CT molecular complexity index is 554. The number of pyridine rings is 1. The van der Waals surface area contributed by atoms with Crippen molar-refractivity contribution in [1.82, 2.24) is 19.7 Å². The van der Waals surface area contributed by atoms with Crippen molar-refractivity contribution in [2.45, 2.75) is 26.3 Å². The Labute approximate surface area is 99.8 Å². The van der Waals surface area contributed by atoms with E-state index in [1.54, 1.807) is 18.5 Å². The molecule has 0 aliphatic rings. The molecule has 5 heteroatoms. The van der Waals surface area contributed by atoms with Crippen molar-refractivity contribution >= 4 is 0 Å². The summed E-state index contributed by atoms with van der Waals surface area (Å²) in [6.07, 6.45) is 3.23. The lowest BCUT2D eigenvalue weighted by Gasteiger charge is -2.21. The first-order valence-electron chi connectivity index (χ1n) is 5.29. The van der Waals surface area contributed by atoms with Crippen molar-refractivity contribution in [2.24, 2.45) is 0 Å². The van der Waals surface area contributed by atoms with E-state index < -0.39 is 0 Å². The molecule has 2 rings (SSSR count). The highest BCUT2D eigenvalue weighted by molar-refractivity contribution is 5.50. The number of aromatic nitrogens is 4. The van der Waals surface area contributed by atoms with Crippen LogP contribution in [-0.2, 0) is 5.54 Å². The van der Waals surface area contributed by atoms with Gasteiger partial charge in [-0.15, -0.1) is 10.2 Å². The van der Waals surface area contributed by atoms with E-state index in [1.807, 2.05) is 10.6 Å². The van der Waals surface area contributed by atoms with Crippen LogP contribution in [-0.4, -0.2) is 19.7 Å². The molecule has 2 aromatic rings. The number of hydrogen-bond donors (Lipinski definition) is 0. The van der Waals surface area contributed by atoms with Crippen LogP contribution in [0, 0.1) is 11.3 Å². The smallest absolute Gasteiger partial charge is 0.182 e. The molecule has 0 unspecified atom stereocenters. The van der Waals surface area contributed by atoms with Crippen LogP contribution in [0.2, 0.25) is 0 Å². The molecule has 86 valence electrons. The van der Waals surface area contributed by atoms with Gasteiger partial charge in [-0.25, -0.2) is 0 Å². The van der Waals surface area contributed by atoms with Crippen LogP contribution < -0.4 is 0 Å². The summed E-state index contributed by atoms with van der Waals surface area (Å²) in [4.78, 5) is 4.22. The number of nitriles is 1. The zero-order valence-electron chi connectivity index (χ0n) is 10.0. The average molecular weight is 227 g/mol. The Balaban J connectivity index is 2.47. The molecule has 2 aromatic heterocycles. The van der Waals surface area contributed by atoms with E-state index in [-0.39, 0.29) is 5.54 Å². The van der Waals surface area contributed by atoms with E-state index in [4.69, 9.17) is 5.26 Å². The van der Waals surface area contributed by atoms with Crippen molar-refractivity contribution in [3.63, 3.8) is 0 Å². The van der Waals surface area contributed by atoms with Gasteiger partial charge in [0.05, 0.1) is 5.56 Å². The largest absolute Gasteiger partial charge is 0.307 e. The molecule has 5 nitrogen and oxygen atoms in total. The molecule has 0 aliphatic heterocycles. The fourth-order valence-electron chi connectivity index (χ4n) is 1.49. The lowest BCUT2D eigenvalue weighted by Crippen LogP contribution is -2.22. The number of nitrogens with zero attached hydrogens (tertiary/aromatic N) is 5. The lowest BCUT2D eigenvalue weighted by molar-refractivity contribution is 0.399. The van der Waals surface area contributed by atoms with Gasteiger partial charge in [-0.3, -0.25) is 4.98 Å². The van der Waals surface area contributed by atoms with Gasteiger partial charge in [0, 0.05) is 11.7 Å². The normalized spacial score (nSPS) is 11.2. The zero-order chi connectivity index (χ0) is 12.5. The van der Waals surface area contributed by atoms with Crippen molar-refractivity contribution in [3.8, 4) is 17.6 Å². The standard InChI is InChI=1S/C12H13N5/c1-12(2,3)17-8-15-16-11(17)10-5-4-9(6-13)7-14-10/h4-5,7-8H,1-3H3. The third kappa shape index (κ3) is 2.16. The summed E-state index contributed by atoms with van der Waals surface area (Å²) in [6.45, 7) is 6.22. The van der Waals surface area contributed by atoms with Gasteiger partial charge in [-0.05, 0) is 32.9 Å². The Kier molecular flexibility index (Phi) is 2.64. The molecule has 0 N–H and O–H groups in total. The van der Waals surface area contributed by atoms with E-state index in [1.165, 1.54) is 6.20 Å². The van der Waals surface area contributed by atoms with Crippen LogP contribution in [0.5, 0.6) is 0 Å². The highest BCUT2D eigenvalue weighted by atomic mass is 15.3. The topological polar surface area (TPSA) is 67.4 Å². The lowest BCUT2D eigenvalue weighted by atomic mass is 10.1. The van der Waals surface area contributed by atoms with Gasteiger partial charge in [0.2, 0.25) is 0 Å². The quantitative estimate of drug-likeness (QED) is 0.747. The molecule has 0 fully saturated rings. The predicted octanol–water partition coefficient (Wildman–Crippen LogP) is 1.97. The molecular weight excluding hydrogens is 214 g/mol. The molecule has 0 spiro atoms. The number of rotatable bonds is 1. The molecular formula is C12H13N5. The van der Waals surface area contributed by atoms with Gasteiger partial charge in [0.1, 0.15) is 18.1 Å². The van der Waals surface area contributed by atoms with Crippen LogP contribution in [0.1, 0.15) is 26.3 Å². The van der Waals surface area contributed by atoms with Gasteiger partial charge < -0.3 is 4.57 Å². The summed E-state index contributed by atoms with van der Waals surface area (Å²) in [5.74, 6) is 0.710. The summed E-state index contributed by atoms with van der Waals surface area (Å²) in [6, 6.07) is 5.55. The van der Waals surface area contributed by atoms with Crippen molar-refractivity contribution < 1.29 is 0 Å². The molecule has 0 bridgehead atoms. The van der Waals surface area contributed by atoms with Crippen LogP contribution in [0.4, 0.5) is 0 Å². The molecule has 0 amide bonds. The van der Waals surface area contributed by atoms with Crippen molar-refractivity contribution in [2.75, 3.05) is 0 Å². The summed E-state index contributed by atoms with van der Waals surface area (Å²) in [7, 11) is 0. The molecule has 0 saturated carbocycles. The Morgan fingerprint density at radius 2 is 2.06 bits per heavy atom. The van der Waals surface area contributed by atoms with Gasteiger partial charge in [-0.1, -0.05) is 0 Å². The fraction of sp³-hybridized carbons (Fsp3) is 0.333. The van der Waals surface area contributed by atoms with Crippen molar-refractivity contribution in [3.05, 3.63) is 30.2 Å². The van der Waals surface area contributed by atoms with Crippen LogP contribution in [0.25, 0.3) is 11.5 Å². The molecule has 0 radical (unpaired) electrons. The molecule has 17 heavy (non-hydrogen) atoms. The van der Waals surface area contributed by atoms with Crippen LogP contribution >= 0.6 is 0 Å². The van der Waals surface area contributed by atoms with Crippen LogP contribution in [0.3, 0.4) is 0 Å². The van der Waals surface area contributed by atoms with E-state index in [0.717, 1.165) is 5.69 Å². The minimum Gasteiger partial charge on any atom is -0.307 e. The Morgan fingerprint density at radius 1 is 1.29 bits per heavy atom. The average Bonchev–Trinajstić information content (AvgIpc) is 2.78. The van der Waals surface area contributed by atoms with Gasteiger partial charge in [0.25, 0.3) is 0 Å². The van der Waals surface area contributed by atoms with Crippen LogP contribution in [0.15, 0.2) is 24.7 Å². The molecule has 2 heterocycles. The molecule has 0 atom stereocenters. The van der Waals surface area contributed by atoms with Gasteiger partial charge in [-0.2, -0.15) is 5.26 Å². The zero-order valence-corrected chi connectivity index (χ0v) is 10.0.